The van der Waals surface area contributed by atoms with Crippen LogP contribution in [0.5, 0.6) is 0 Å². The molecule has 0 amide bonds. The second kappa shape index (κ2) is 3.43. The van der Waals surface area contributed by atoms with Crippen molar-refractivity contribution in [2.24, 2.45) is 5.92 Å². The molecule has 1 aliphatic heterocycles. The van der Waals surface area contributed by atoms with Gasteiger partial charge in [-0.15, -0.1) is 6.58 Å². The van der Waals surface area contributed by atoms with Crippen molar-refractivity contribution in [3.8, 4) is 0 Å². The molecule has 2 heteroatoms. The van der Waals surface area contributed by atoms with Crippen LogP contribution in [0, 0.1) is 5.92 Å². The molecule has 1 aliphatic carbocycles. The standard InChI is InChI=1S/C12H20N2/c1-5-11-12(10-6-7-10)14(11)8-9(2)13(3)4/h5,10-12H,1-2,6-8H2,3-4H3. The van der Waals surface area contributed by atoms with Crippen LogP contribution in [-0.2, 0) is 0 Å². The summed E-state index contributed by atoms with van der Waals surface area (Å²) in [5.74, 6) is 0.952. The van der Waals surface area contributed by atoms with Gasteiger partial charge >= 0.3 is 0 Å². The van der Waals surface area contributed by atoms with Crippen LogP contribution in [0.25, 0.3) is 0 Å². The second-order valence-electron chi connectivity index (χ2n) is 4.69. The molecule has 0 aromatic rings. The fourth-order valence-electron chi connectivity index (χ4n) is 2.14. The van der Waals surface area contributed by atoms with E-state index in [2.05, 4.69) is 43.1 Å². The lowest BCUT2D eigenvalue weighted by Gasteiger charge is -2.16. The minimum atomic E-state index is 0.624. The lowest BCUT2D eigenvalue weighted by atomic mass is 10.2. The predicted molar refractivity (Wildman–Crippen MR) is 60.0 cm³/mol. The summed E-state index contributed by atoms with van der Waals surface area (Å²) in [6.07, 6.45) is 4.92. The van der Waals surface area contributed by atoms with E-state index in [4.69, 9.17) is 0 Å². The molecule has 14 heavy (non-hydrogen) atoms. The maximum Gasteiger partial charge on any atom is 0.0442 e. The molecule has 1 heterocycles. The molecule has 3 atom stereocenters. The Hall–Kier alpha value is -0.760. The van der Waals surface area contributed by atoms with Crippen molar-refractivity contribution in [1.29, 1.82) is 0 Å². The fraction of sp³-hybridized carbons (Fsp3) is 0.667. The molecule has 0 N–H and O–H groups in total. The van der Waals surface area contributed by atoms with Gasteiger partial charge in [0, 0.05) is 38.4 Å². The van der Waals surface area contributed by atoms with E-state index in [0.29, 0.717) is 6.04 Å². The quantitative estimate of drug-likeness (QED) is 0.483. The molecule has 2 rings (SSSR count). The average molecular weight is 192 g/mol. The Morgan fingerprint density at radius 2 is 2.14 bits per heavy atom. The molecule has 2 fully saturated rings. The number of hydrogen-bond acceptors (Lipinski definition) is 2. The van der Waals surface area contributed by atoms with Crippen LogP contribution >= 0.6 is 0 Å². The van der Waals surface area contributed by atoms with E-state index < -0.39 is 0 Å². The minimum absolute atomic E-state index is 0.624. The fourth-order valence-corrected chi connectivity index (χ4v) is 2.14. The summed E-state index contributed by atoms with van der Waals surface area (Å²) in [6.45, 7) is 8.97. The van der Waals surface area contributed by atoms with Gasteiger partial charge in [-0.05, 0) is 18.8 Å². The normalized spacial score (nSPS) is 35.1. The number of likely N-dealkylation sites (N-methyl/N-ethyl adjacent to an activating group) is 1. The molecule has 78 valence electrons. The third-order valence-corrected chi connectivity index (χ3v) is 3.37. The maximum absolute atomic E-state index is 4.07. The van der Waals surface area contributed by atoms with Crippen LogP contribution in [0.15, 0.2) is 24.9 Å². The third kappa shape index (κ3) is 1.71. The molecule has 0 spiro atoms. The van der Waals surface area contributed by atoms with Crippen LogP contribution in [0.2, 0.25) is 0 Å². The van der Waals surface area contributed by atoms with Gasteiger partial charge in [0.2, 0.25) is 0 Å². The van der Waals surface area contributed by atoms with Crippen molar-refractivity contribution in [3.63, 3.8) is 0 Å². The Balaban J connectivity index is 1.86. The summed E-state index contributed by atoms with van der Waals surface area (Å²) in [4.78, 5) is 4.61. The van der Waals surface area contributed by atoms with Crippen LogP contribution in [-0.4, -0.2) is 42.5 Å². The summed E-state index contributed by atoms with van der Waals surface area (Å²) < 4.78 is 0. The largest absolute Gasteiger partial charge is 0.380 e. The van der Waals surface area contributed by atoms with Gasteiger partial charge in [-0.2, -0.15) is 0 Å². The Labute approximate surface area is 86.9 Å². The number of rotatable bonds is 5. The summed E-state index contributed by atoms with van der Waals surface area (Å²) in [5.41, 5.74) is 1.19. The molecule has 2 aliphatic rings. The highest BCUT2D eigenvalue weighted by atomic mass is 15.4. The average Bonchev–Trinajstić information content (AvgIpc) is 2.96. The van der Waals surface area contributed by atoms with Gasteiger partial charge in [0.25, 0.3) is 0 Å². The molecule has 2 nitrogen and oxygen atoms in total. The van der Waals surface area contributed by atoms with E-state index >= 15 is 0 Å². The first-order valence-electron chi connectivity index (χ1n) is 5.38. The molecule has 0 aromatic carbocycles. The third-order valence-electron chi connectivity index (χ3n) is 3.37. The van der Waals surface area contributed by atoms with Gasteiger partial charge in [-0.25, -0.2) is 0 Å². The van der Waals surface area contributed by atoms with E-state index in [-0.39, 0.29) is 0 Å². The highest BCUT2D eigenvalue weighted by Crippen LogP contribution is 2.47. The lowest BCUT2D eigenvalue weighted by Crippen LogP contribution is -2.19. The SMILES string of the molecule is C=CC1C(C2CC2)N1CC(=C)N(C)C. The molecule has 1 saturated heterocycles. The first kappa shape index (κ1) is 9.78. The first-order valence-corrected chi connectivity index (χ1v) is 5.38. The van der Waals surface area contributed by atoms with Gasteiger partial charge < -0.3 is 4.90 Å². The van der Waals surface area contributed by atoms with Gasteiger partial charge in [-0.3, -0.25) is 4.90 Å². The molecule has 0 bridgehead atoms. The van der Waals surface area contributed by atoms with Crippen molar-refractivity contribution < 1.29 is 0 Å². The monoisotopic (exact) mass is 192 g/mol. The van der Waals surface area contributed by atoms with E-state index in [1.807, 2.05) is 0 Å². The van der Waals surface area contributed by atoms with Gasteiger partial charge in [-0.1, -0.05) is 12.7 Å². The van der Waals surface area contributed by atoms with Crippen LogP contribution < -0.4 is 0 Å². The van der Waals surface area contributed by atoms with Crippen LogP contribution in [0.1, 0.15) is 12.8 Å². The summed E-state index contributed by atoms with van der Waals surface area (Å²) in [7, 11) is 4.11. The van der Waals surface area contributed by atoms with Crippen molar-refractivity contribution in [1.82, 2.24) is 9.80 Å². The molecular weight excluding hydrogens is 172 g/mol. The zero-order valence-electron chi connectivity index (χ0n) is 9.24. The zero-order chi connectivity index (χ0) is 10.3. The van der Waals surface area contributed by atoms with E-state index in [9.17, 15) is 0 Å². The van der Waals surface area contributed by atoms with Crippen LogP contribution in [0.3, 0.4) is 0 Å². The zero-order valence-corrected chi connectivity index (χ0v) is 9.24. The second-order valence-corrected chi connectivity index (χ2v) is 4.69. The Kier molecular flexibility index (Phi) is 2.40. The predicted octanol–water partition coefficient (Wildman–Crippen LogP) is 1.71. The van der Waals surface area contributed by atoms with Gasteiger partial charge in [0.1, 0.15) is 0 Å². The highest BCUT2D eigenvalue weighted by Gasteiger charge is 2.53. The summed E-state index contributed by atoms with van der Waals surface area (Å²) in [5, 5.41) is 0. The summed E-state index contributed by atoms with van der Waals surface area (Å²) >= 11 is 0. The smallest absolute Gasteiger partial charge is 0.0442 e. The van der Waals surface area contributed by atoms with Gasteiger partial charge in [0.05, 0.1) is 0 Å². The number of nitrogens with zero attached hydrogens (tertiary/aromatic N) is 2. The molecule has 0 radical (unpaired) electrons. The van der Waals surface area contributed by atoms with E-state index in [1.165, 1.54) is 18.5 Å². The Bertz CT molecular complexity index is 253. The lowest BCUT2D eigenvalue weighted by molar-refractivity contribution is 0.421. The Morgan fingerprint density at radius 1 is 1.50 bits per heavy atom. The molecule has 0 aromatic heterocycles. The Morgan fingerprint density at radius 3 is 2.57 bits per heavy atom. The van der Waals surface area contributed by atoms with E-state index in [1.54, 1.807) is 0 Å². The molecular formula is C12H20N2. The van der Waals surface area contributed by atoms with Crippen molar-refractivity contribution in [3.05, 3.63) is 24.9 Å². The number of hydrogen-bond donors (Lipinski definition) is 0. The van der Waals surface area contributed by atoms with Crippen molar-refractivity contribution in [2.75, 3.05) is 20.6 Å². The van der Waals surface area contributed by atoms with Gasteiger partial charge in [0.15, 0.2) is 0 Å². The molecule has 1 saturated carbocycles. The maximum atomic E-state index is 4.07. The van der Waals surface area contributed by atoms with Crippen molar-refractivity contribution >= 4 is 0 Å². The van der Waals surface area contributed by atoms with Crippen molar-refractivity contribution in [2.45, 2.75) is 24.9 Å². The first-order chi connectivity index (χ1) is 6.65. The molecule has 3 unspecified atom stereocenters. The van der Waals surface area contributed by atoms with E-state index in [0.717, 1.165) is 18.5 Å². The summed E-state index contributed by atoms with van der Waals surface area (Å²) in [6, 6.07) is 1.41. The minimum Gasteiger partial charge on any atom is -0.380 e. The topological polar surface area (TPSA) is 6.25 Å². The van der Waals surface area contributed by atoms with Crippen LogP contribution in [0.4, 0.5) is 0 Å². The highest BCUT2D eigenvalue weighted by molar-refractivity contribution is 5.19.